The van der Waals surface area contributed by atoms with E-state index in [1.807, 2.05) is 19.1 Å². The highest BCUT2D eigenvalue weighted by Crippen LogP contribution is 2.23. The lowest BCUT2D eigenvalue weighted by atomic mass is 9.98. The Labute approximate surface area is 122 Å². The molecule has 5 heteroatoms. The molecule has 0 unspecified atom stereocenters. The number of benzene rings is 1. The van der Waals surface area contributed by atoms with E-state index in [0.29, 0.717) is 22.8 Å². The van der Waals surface area contributed by atoms with Gasteiger partial charge < -0.3 is 5.11 Å². The summed E-state index contributed by atoms with van der Waals surface area (Å²) in [7, 11) is 0. The van der Waals surface area contributed by atoms with Gasteiger partial charge in [-0.15, -0.1) is 0 Å². The molecule has 0 atom stereocenters. The smallest absolute Gasteiger partial charge is 0.272 e. The molecular weight excluding hydrogens is 276 g/mol. The lowest BCUT2D eigenvalue weighted by Crippen LogP contribution is -2.33. The number of aromatic nitrogens is 2. The number of rotatable bonds is 3. The third-order valence-electron chi connectivity index (χ3n) is 3.07. The standard InChI is InChI=1S/C15H17ClN2O2/c1-4-18-14(19)12(15(2,3)20)9-13(17-18)10-5-7-11(16)8-6-10/h5-9,20H,4H2,1-3H3. The summed E-state index contributed by atoms with van der Waals surface area (Å²) in [5.41, 5.74) is 0.345. The Morgan fingerprint density at radius 1 is 1.30 bits per heavy atom. The zero-order chi connectivity index (χ0) is 14.9. The SMILES string of the molecule is CCn1nc(-c2ccc(Cl)cc2)cc(C(C)(C)O)c1=O. The summed E-state index contributed by atoms with van der Waals surface area (Å²) in [4.78, 5) is 12.2. The van der Waals surface area contributed by atoms with Crippen molar-refractivity contribution in [3.63, 3.8) is 0 Å². The Bertz CT molecular complexity index is 670. The van der Waals surface area contributed by atoms with E-state index >= 15 is 0 Å². The van der Waals surface area contributed by atoms with Crippen LogP contribution in [-0.2, 0) is 12.1 Å². The van der Waals surface area contributed by atoms with Gasteiger partial charge in [-0.2, -0.15) is 5.10 Å². The van der Waals surface area contributed by atoms with Crippen LogP contribution in [0.1, 0.15) is 26.3 Å². The van der Waals surface area contributed by atoms with E-state index in [0.717, 1.165) is 5.56 Å². The van der Waals surface area contributed by atoms with E-state index in [4.69, 9.17) is 11.6 Å². The minimum absolute atomic E-state index is 0.266. The van der Waals surface area contributed by atoms with Gasteiger partial charge in [0.25, 0.3) is 5.56 Å². The highest BCUT2D eigenvalue weighted by Gasteiger charge is 2.22. The van der Waals surface area contributed by atoms with Gasteiger partial charge in [-0.1, -0.05) is 23.7 Å². The lowest BCUT2D eigenvalue weighted by molar-refractivity contribution is 0.0762. The highest BCUT2D eigenvalue weighted by atomic mass is 35.5. The number of hydrogen-bond acceptors (Lipinski definition) is 3. The average molecular weight is 293 g/mol. The first-order valence-corrected chi connectivity index (χ1v) is 6.81. The predicted octanol–water partition coefficient (Wildman–Crippen LogP) is 2.81. The summed E-state index contributed by atoms with van der Waals surface area (Å²) in [5, 5.41) is 15.1. The fraction of sp³-hybridized carbons (Fsp3) is 0.333. The van der Waals surface area contributed by atoms with Gasteiger partial charge in [-0.05, 0) is 39.0 Å². The van der Waals surface area contributed by atoms with Crippen molar-refractivity contribution in [2.45, 2.75) is 32.9 Å². The molecule has 0 saturated heterocycles. The molecule has 0 radical (unpaired) electrons. The monoisotopic (exact) mass is 292 g/mol. The van der Waals surface area contributed by atoms with Crippen LogP contribution in [0.5, 0.6) is 0 Å². The van der Waals surface area contributed by atoms with E-state index in [1.54, 1.807) is 32.0 Å². The van der Waals surface area contributed by atoms with Crippen LogP contribution in [0.15, 0.2) is 35.1 Å². The first-order valence-electron chi connectivity index (χ1n) is 6.44. The molecular formula is C15H17ClN2O2. The van der Waals surface area contributed by atoms with Gasteiger partial charge in [0.2, 0.25) is 0 Å². The molecule has 4 nitrogen and oxygen atoms in total. The highest BCUT2D eigenvalue weighted by molar-refractivity contribution is 6.30. The number of hydrogen-bond donors (Lipinski definition) is 1. The fourth-order valence-corrected chi connectivity index (χ4v) is 2.08. The van der Waals surface area contributed by atoms with Crippen LogP contribution in [-0.4, -0.2) is 14.9 Å². The maximum Gasteiger partial charge on any atom is 0.272 e. The maximum atomic E-state index is 12.2. The number of aliphatic hydroxyl groups is 1. The van der Waals surface area contributed by atoms with Crippen molar-refractivity contribution in [1.82, 2.24) is 9.78 Å². The van der Waals surface area contributed by atoms with Gasteiger partial charge in [-0.25, -0.2) is 4.68 Å². The first kappa shape index (κ1) is 14.8. The summed E-state index contributed by atoms with van der Waals surface area (Å²) in [5.74, 6) is 0. The van der Waals surface area contributed by atoms with Crippen molar-refractivity contribution in [3.8, 4) is 11.3 Å². The zero-order valence-corrected chi connectivity index (χ0v) is 12.5. The largest absolute Gasteiger partial charge is 0.386 e. The van der Waals surface area contributed by atoms with Crippen LogP contribution in [0, 0.1) is 0 Å². The summed E-state index contributed by atoms with van der Waals surface area (Å²) in [6, 6.07) is 8.85. The van der Waals surface area contributed by atoms with E-state index in [2.05, 4.69) is 5.10 Å². The molecule has 0 amide bonds. The van der Waals surface area contributed by atoms with Crippen molar-refractivity contribution in [1.29, 1.82) is 0 Å². The Balaban J connectivity index is 2.66. The second-order valence-electron chi connectivity index (χ2n) is 5.13. The van der Waals surface area contributed by atoms with Gasteiger partial charge in [0.05, 0.1) is 16.9 Å². The Hall–Kier alpha value is -1.65. The van der Waals surface area contributed by atoms with Crippen molar-refractivity contribution in [2.75, 3.05) is 0 Å². The third kappa shape index (κ3) is 2.92. The minimum Gasteiger partial charge on any atom is -0.386 e. The number of halogens is 1. The average Bonchev–Trinajstić information content (AvgIpc) is 2.38. The topological polar surface area (TPSA) is 55.1 Å². The van der Waals surface area contributed by atoms with Gasteiger partial charge in [0, 0.05) is 17.1 Å². The predicted molar refractivity (Wildman–Crippen MR) is 79.9 cm³/mol. The second kappa shape index (κ2) is 5.38. The summed E-state index contributed by atoms with van der Waals surface area (Å²) in [6.07, 6.45) is 0. The summed E-state index contributed by atoms with van der Waals surface area (Å²) >= 11 is 5.87. The van der Waals surface area contributed by atoms with Gasteiger partial charge in [-0.3, -0.25) is 4.79 Å². The van der Waals surface area contributed by atoms with Crippen LogP contribution < -0.4 is 5.56 Å². The van der Waals surface area contributed by atoms with Crippen LogP contribution >= 0.6 is 11.6 Å². The summed E-state index contributed by atoms with van der Waals surface area (Å²) in [6.45, 7) is 5.47. The van der Waals surface area contributed by atoms with Crippen molar-refractivity contribution < 1.29 is 5.11 Å². The number of nitrogens with zero attached hydrogens (tertiary/aromatic N) is 2. The quantitative estimate of drug-likeness (QED) is 0.946. The zero-order valence-electron chi connectivity index (χ0n) is 11.7. The molecule has 1 N–H and O–H groups in total. The first-order chi connectivity index (χ1) is 9.32. The molecule has 1 heterocycles. The Kier molecular flexibility index (Phi) is 3.97. The lowest BCUT2D eigenvalue weighted by Gasteiger charge is -2.19. The molecule has 106 valence electrons. The van der Waals surface area contributed by atoms with Crippen LogP contribution in [0.25, 0.3) is 11.3 Å². The second-order valence-corrected chi connectivity index (χ2v) is 5.57. The molecule has 2 aromatic rings. The molecule has 0 bridgehead atoms. The van der Waals surface area contributed by atoms with Crippen LogP contribution in [0.2, 0.25) is 5.02 Å². The molecule has 0 aliphatic heterocycles. The molecule has 0 spiro atoms. The van der Waals surface area contributed by atoms with E-state index < -0.39 is 5.60 Å². The molecule has 1 aromatic carbocycles. The molecule has 2 rings (SSSR count). The minimum atomic E-state index is -1.21. The fourth-order valence-electron chi connectivity index (χ4n) is 1.96. The van der Waals surface area contributed by atoms with E-state index in [1.165, 1.54) is 4.68 Å². The van der Waals surface area contributed by atoms with E-state index in [-0.39, 0.29) is 5.56 Å². The molecule has 0 aliphatic rings. The Morgan fingerprint density at radius 2 is 1.90 bits per heavy atom. The van der Waals surface area contributed by atoms with Gasteiger partial charge >= 0.3 is 0 Å². The van der Waals surface area contributed by atoms with Crippen molar-refractivity contribution in [2.24, 2.45) is 0 Å². The molecule has 20 heavy (non-hydrogen) atoms. The summed E-state index contributed by atoms with van der Waals surface area (Å²) < 4.78 is 1.36. The van der Waals surface area contributed by atoms with Crippen LogP contribution in [0.3, 0.4) is 0 Å². The molecule has 0 aliphatic carbocycles. The molecule has 0 fully saturated rings. The van der Waals surface area contributed by atoms with E-state index in [9.17, 15) is 9.90 Å². The van der Waals surface area contributed by atoms with Crippen molar-refractivity contribution in [3.05, 3.63) is 51.3 Å². The normalized spacial score (nSPS) is 11.7. The third-order valence-corrected chi connectivity index (χ3v) is 3.32. The van der Waals surface area contributed by atoms with Crippen molar-refractivity contribution >= 4 is 11.6 Å². The molecule has 0 saturated carbocycles. The number of aryl methyl sites for hydroxylation is 1. The molecule has 1 aromatic heterocycles. The van der Waals surface area contributed by atoms with Crippen LogP contribution in [0.4, 0.5) is 0 Å². The van der Waals surface area contributed by atoms with Gasteiger partial charge in [0.1, 0.15) is 0 Å². The van der Waals surface area contributed by atoms with Gasteiger partial charge in [0.15, 0.2) is 0 Å². The Morgan fingerprint density at radius 3 is 2.40 bits per heavy atom. The maximum absolute atomic E-state index is 12.2.